The van der Waals surface area contributed by atoms with Gasteiger partial charge in [0.2, 0.25) is 0 Å². The van der Waals surface area contributed by atoms with E-state index in [4.69, 9.17) is 0 Å². The predicted molar refractivity (Wildman–Crippen MR) is 19.0 cm³/mol. The first-order chi connectivity index (χ1) is 2.77. The second kappa shape index (κ2) is 2.43. The molecule has 5 nitrogen and oxygen atoms in total. The zero-order chi connectivity index (χ0) is 4.99. The number of carbonyl (C=O) groups is 1. The van der Waals surface area contributed by atoms with Crippen molar-refractivity contribution >= 4 is 6.03 Å². The van der Waals surface area contributed by atoms with Crippen molar-refractivity contribution in [2.75, 3.05) is 0 Å². The first kappa shape index (κ1) is 5.19. The molecule has 0 saturated carbocycles. The van der Waals surface area contributed by atoms with Crippen LogP contribution in [0.25, 0.3) is 0 Å². The van der Waals surface area contributed by atoms with E-state index in [1.54, 1.807) is 5.43 Å². The summed E-state index contributed by atoms with van der Waals surface area (Å²) < 4.78 is 0. The molecule has 0 rings (SSSR count). The third-order valence-corrected chi connectivity index (χ3v) is 0.175. The fourth-order valence-corrected chi connectivity index (χ4v) is 0.0636. The number of hydrogen-bond donors (Lipinski definition) is 3. The van der Waals surface area contributed by atoms with Crippen LogP contribution in [0.1, 0.15) is 0 Å². The minimum atomic E-state index is -0.752. The molecule has 0 atom stereocenters. The van der Waals surface area contributed by atoms with Gasteiger partial charge in [0.1, 0.15) is 0 Å². The molecule has 0 fully saturated rings. The zero-order valence-corrected chi connectivity index (χ0v) is 3.01. The van der Waals surface area contributed by atoms with Crippen LogP contribution in [-0.2, 0) is 0 Å². The molecular formula is CH5N4O. The minimum Gasteiger partial charge on any atom is -0.350 e. The summed E-state index contributed by atoms with van der Waals surface area (Å²) in [4.78, 5) is 9.54. The summed E-state index contributed by atoms with van der Waals surface area (Å²) in [5.41, 5.74) is 8.94. The topological polar surface area (TPSA) is 95.2 Å². The monoisotopic (exact) mass is 89.0 g/mol. The molecule has 5 N–H and O–H groups in total. The van der Waals surface area contributed by atoms with Gasteiger partial charge in [-0.25, -0.2) is 16.1 Å². The molecule has 0 spiro atoms. The average Bonchev–Trinajstić information content (AvgIpc) is 1.35. The third kappa shape index (κ3) is 3.19. The highest BCUT2D eigenvalue weighted by molar-refractivity contribution is 5.70. The summed E-state index contributed by atoms with van der Waals surface area (Å²) in [6, 6.07) is -0.752. The number of rotatable bonds is 1. The highest BCUT2D eigenvalue weighted by atomic mass is 16.2. The molecule has 0 saturated heterocycles. The van der Waals surface area contributed by atoms with Crippen LogP contribution in [0.3, 0.4) is 0 Å². The Morgan fingerprint density at radius 1 is 1.83 bits per heavy atom. The fourth-order valence-electron chi connectivity index (χ4n) is 0.0636. The average molecular weight is 89.1 g/mol. The van der Waals surface area contributed by atoms with Crippen molar-refractivity contribution in [1.82, 2.24) is 11.0 Å². The molecule has 0 unspecified atom stereocenters. The number of urea groups is 1. The molecule has 0 heterocycles. The van der Waals surface area contributed by atoms with E-state index in [0.29, 0.717) is 0 Å². The van der Waals surface area contributed by atoms with Crippen molar-refractivity contribution in [2.45, 2.75) is 0 Å². The Morgan fingerprint density at radius 2 is 2.33 bits per heavy atom. The summed E-state index contributed by atoms with van der Waals surface area (Å²) in [5, 5.41) is 0. The Kier molecular flexibility index (Phi) is 2.10. The minimum absolute atomic E-state index is 0.752. The Labute approximate surface area is 34.6 Å². The lowest BCUT2D eigenvalue weighted by atomic mass is 11.2. The van der Waals surface area contributed by atoms with E-state index in [2.05, 4.69) is 17.1 Å². The van der Waals surface area contributed by atoms with Crippen LogP contribution in [0, 0.1) is 0 Å². The smallest absolute Gasteiger partial charge is 0.329 e. The van der Waals surface area contributed by atoms with Gasteiger partial charge in [0, 0.05) is 0 Å². The molecule has 0 aliphatic rings. The predicted octanol–water partition coefficient (Wildman–Crippen LogP) is -1.95. The lowest BCUT2D eigenvalue weighted by Crippen LogP contribution is -2.39. The molecule has 0 aromatic heterocycles. The number of carbonyl (C=O) groups excluding carboxylic acids is 1. The van der Waals surface area contributed by atoms with Crippen LogP contribution < -0.4 is 22.5 Å². The van der Waals surface area contributed by atoms with Gasteiger partial charge < -0.3 is 5.73 Å². The molecule has 2 amide bonds. The van der Waals surface area contributed by atoms with Gasteiger partial charge in [-0.05, 0) is 0 Å². The quantitative estimate of drug-likeness (QED) is 0.257. The van der Waals surface area contributed by atoms with Gasteiger partial charge in [-0.3, -0.25) is 0 Å². The van der Waals surface area contributed by atoms with Gasteiger partial charge in [-0.2, -0.15) is 0 Å². The number of primary amides is 1. The number of hydrogen-bond acceptors (Lipinski definition) is 2. The molecule has 5 heteroatoms. The zero-order valence-electron chi connectivity index (χ0n) is 3.01. The molecule has 0 aromatic carbocycles. The Bertz CT molecular complexity index is 51.5. The maximum Gasteiger partial charge on any atom is 0.329 e. The highest BCUT2D eigenvalue weighted by Gasteiger charge is 1.80. The van der Waals surface area contributed by atoms with Crippen molar-refractivity contribution in [2.24, 2.45) is 11.6 Å². The summed E-state index contributed by atoms with van der Waals surface area (Å²) in [6.45, 7) is 0. The van der Waals surface area contributed by atoms with E-state index in [1.165, 1.54) is 0 Å². The van der Waals surface area contributed by atoms with Crippen LogP contribution in [0.4, 0.5) is 4.79 Å². The number of nitrogens with two attached hydrogens (primary N) is 2. The molecule has 0 bridgehead atoms. The van der Waals surface area contributed by atoms with Crippen LogP contribution in [0.2, 0.25) is 0 Å². The molecule has 0 aliphatic carbocycles. The molecule has 0 aromatic rings. The number of nitrogens with one attached hydrogen (secondary N) is 1. The van der Waals surface area contributed by atoms with Crippen LogP contribution >= 0.6 is 0 Å². The molecule has 35 valence electrons. The largest absolute Gasteiger partial charge is 0.350 e. The molecule has 1 radical (unpaired) electrons. The van der Waals surface area contributed by atoms with Crippen molar-refractivity contribution in [1.29, 1.82) is 0 Å². The van der Waals surface area contributed by atoms with E-state index >= 15 is 0 Å². The molecule has 0 aliphatic heterocycles. The van der Waals surface area contributed by atoms with Gasteiger partial charge in [-0.15, -0.1) is 0 Å². The van der Waals surface area contributed by atoms with E-state index < -0.39 is 6.03 Å². The van der Waals surface area contributed by atoms with E-state index in [1.807, 2.05) is 0 Å². The second-order valence-corrected chi connectivity index (χ2v) is 0.605. The maximum atomic E-state index is 9.54. The summed E-state index contributed by atoms with van der Waals surface area (Å²) in [6.07, 6.45) is 0. The van der Waals surface area contributed by atoms with Crippen molar-refractivity contribution in [3.05, 3.63) is 0 Å². The first-order valence-electron chi connectivity index (χ1n) is 1.22. The first-order valence-corrected chi connectivity index (χ1v) is 1.22. The van der Waals surface area contributed by atoms with E-state index in [-0.39, 0.29) is 0 Å². The van der Waals surface area contributed by atoms with Gasteiger partial charge in [-0.1, -0.05) is 5.53 Å². The van der Waals surface area contributed by atoms with E-state index in [0.717, 1.165) is 0 Å². The van der Waals surface area contributed by atoms with Gasteiger partial charge in [0.15, 0.2) is 0 Å². The SMILES string of the molecule is N[N]NC(N)=O. The fraction of sp³-hybridized carbons (Fsp3) is 0. The summed E-state index contributed by atoms with van der Waals surface area (Å²) >= 11 is 0. The van der Waals surface area contributed by atoms with Crippen LogP contribution in [0.15, 0.2) is 0 Å². The molecular weight excluding hydrogens is 84.0 g/mol. The van der Waals surface area contributed by atoms with Crippen molar-refractivity contribution in [3.8, 4) is 0 Å². The normalized spacial score (nSPS) is 7.50. The lowest BCUT2D eigenvalue weighted by Gasteiger charge is -1.87. The standard InChI is InChI=1S/CH5N4O/c2-1(6)4-5-3/h3H2,(H3,2,4,6). The summed E-state index contributed by atoms with van der Waals surface area (Å²) in [7, 11) is 0. The third-order valence-electron chi connectivity index (χ3n) is 0.175. The maximum absolute atomic E-state index is 9.54. The highest BCUT2D eigenvalue weighted by Crippen LogP contribution is 1.39. The number of nitrogens with zero attached hydrogens (tertiary/aromatic N) is 1. The lowest BCUT2D eigenvalue weighted by molar-refractivity contribution is 0.244. The van der Waals surface area contributed by atoms with Crippen LogP contribution in [0.5, 0.6) is 0 Å². The van der Waals surface area contributed by atoms with Gasteiger partial charge >= 0.3 is 6.03 Å². The molecule has 6 heavy (non-hydrogen) atoms. The van der Waals surface area contributed by atoms with Gasteiger partial charge in [0.25, 0.3) is 0 Å². The Morgan fingerprint density at radius 3 is 2.33 bits per heavy atom. The van der Waals surface area contributed by atoms with Crippen molar-refractivity contribution in [3.63, 3.8) is 0 Å². The van der Waals surface area contributed by atoms with E-state index in [9.17, 15) is 4.79 Å². The second-order valence-electron chi connectivity index (χ2n) is 0.605. The summed E-state index contributed by atoms with van der Waals surface area (Å²) in [5.74, 6) is 4.44. The Balaban J connectivity index is 2.83. The van der Waals surface area contributed by atoms with Gasteiger partial charge in [0.05, 0.1) is 0 Å². The van der Waals surface area contributed by atoms with Crippen molar-refractivity contribution < 1.29 is 4.79 Å². The van der Waals surface area contributed by atoms with Crippen LogP contribution in [-0.4, -0.2) is 6.03 Å². The Hall–Kier alpha value is -0.810. The number of amides is 2.